The Morgan fingerprint density at radius 1 is 1.29 bits per heavy atom. The maximum atomic E-state index is 13.0. The normalized spacial score (nSPS) is 9.71. The van der Waals surface area contributed by atoms with Crippen molar-refractivity contribution in [2.24, 2.45) is 0 Å². The van der Waals surface area contributed by atoms with Gasteiger partial charge in [0.15, 0.2) is 11.5 Å². The zero-order valence-electron chi connectivity index (χ0n) is 7.01. The Labute approximate surface area is 83.2 Å². The van der Waals surface area contributed by atoms with E-state index >= 15 is 0 Å². The van der Waals surface area contributed by atoms with E-state index in [0.717, 1.165) is 12.1 Å². The van der Waals surface area contributed by atoms with E-state index in [0.29, 0.717) is 0 Å². The van der Waals surface area contributed by atoms with Crippen molar-refractivity contribution in [2.75, 3.05) is 7.11 Å². The van der Waals surface area contributed by atoms with Gasteiger partial charge in [-0.25, -0.2) is 4.79 Å². The van der Waals surface area contributed by atoms with Crippen molar-refractivity contribution in [3.8, 4) is 11.5 Å². The number of rotatable bonds is 2. The summed E-state index contributed by atoms with van der Waals surface area (Å²) in [6.45, 7) is 0. The maximum Gasteiger partial charge on any atom is 0.409 e. The van der Waals surface area contributed by atoms with Crippen molar-refractivity contribution in [1.29, 1.82) is 0 Å². The second-order valence-electron chi connectivity index (χ2n) is 2.23. The lowest BCUT2D eigenvalue weighted by molar-refractivity contribution is 0.222. The molecule has 0 unspecified atom stereocenters. The van der Waals surface area contributed by atoms with Crippen LogP contribution in [0, 0.1) is 11.6 Å². The van der Waals surface area contributed by atoms with Gasteiger partial charge in [-0.15, -0.1) is 0 Å². The van der Waals surface area contributed by atoms with Gasteiger partial charge in [-0.3, -0.25) is 0 Å². The lowest BCUT2D eigenvalue weighted by Crippen LogP contribution is -2.01. The molecule has 0 aliphatic heterocycles. The lowest BCUT2D eigenvalue weighted by Gasteiger charge is -2.05. The molecule has 0 fully saturated rings. The van der Waals surface area contributed by atoms with Crippen molar-refractivity contribution >= 4 is 17.0 Å². The first-order valence-corrected chi connectivity index (χ1v) is 3.83. The minimum atomic E-state index is -1.32. The second kappa shape index (κ2) is 4.23. The summed E-state index contributed by atoms with van der Waals surface area (Å²) in [5.74, 6) is -3.42. The van der Waals surface area contributed by atoms with Crippen LogP contribution in [0.25, 0.3) is 0 Å². The number of carbonyl (C=O) groups excluding carboxylic acids is 1. The van der Waals surface area contributed by atoms with Gasteiger partial charge >= 0.3 is 5.43 Å². The number of halogens is 3. The van der Waals surface area contributed by atoms with Crippen LogP contribution in [-0.2, 0) is 0 Å². The molecule has 0 saturated carbocycles. The zero-order valence-corrected chi connectivity index (χ0v) is 7.77. The number of methoxy groups -OCH3 is 1. The molecule has 6 heteroatoms. The Morgan fingerprint density at radius 3 is 2.29 bits per heavy atom. The maximum absolute atomic E-state index is 13.0. The Bertz CT molecular complexity index is 368. The van der Waals surface area contributed by atoms with Gasteiger partial charge in [-0.2, -0.15) is 8.78 Å². The highest BCUT2D eigenvalue weighted by atomic mass is 35.5. The first-order valence-electron chi connectivity index (χ1n) is 3.45. The zero-order chi connectivity index (χ0) is 10.7. The molecule has 0 aliphatic carbocycles. The monoisotopic (exact) mass is 222 g/mol. The highest BCUT2D eigenvalue weighted by molar-refractivity contribution is 6.61. The Kier molecular flexibility index (Phi) is 3.24. The van der Waals surface area contributed by atoms with E-state index in [1.807, 2.05) is 0 Å². The van der Waals surface area contributed by atoms with Crippen LogP contribution in [0.15, 0.2) is 12.1 Å². The highest BCUT2D eigenvalue weighted by Crippen LogP contribution is 2.27. The fraction of sp³-hybridized carbons (Fsp3) is 0.125. The van der Waals surface area contributed by atoms with Gasteiger partial charge < -0.3 is 9.47 Å². The van der Waals surface area contributed by atoms with Gasteiger partial charge in [0.1, 0.15) is 0 Å². The standard InChI is InChI=1S/C8H5ClF2O3/c1-13-4-2-3-5(14-8(9)12)7(11)6(4)10/h2-3H,1H3. The number of ether oxygens (including phenoxy) is 2. The van der Waals surface area contributed by atoms with Gasteiger partial charge in [-0.1, -0.05) is 0 Å². The van der Waals surface area contributed by atoms with E-state index in [-0.39, 0.29) is 5.75 Å². The third kappa shape index (κ3) is 2.11. The van der Waals surface area contributed by atoms with Gasteiger partial charge in [-0.05, 0) is 12.1 Å². The summed E-state index contributed by atoms with van der Waals surface area (Å²) >= 11 is 4.83. The molecule has 0 saturated heterocycles. The molecule has 0 aromatic heterocycles. The lowest BCUT2D eigenvalue weighted by atomic mass is 10.3. The Balaban J connectivity index is 3.10. The van der Waals surface area contributed by atoms with Crippen LogP contribution in [0.3, 0.4) is 0 Å². The van der Waals surface area contributed by atoms with Crippen LogP contribution >= 0.6 is 11.6 Å². The van der Waals surface area contributed by atoms with E-state index in [2.05, 4.69) is 9.47 Å². The molecule has 0 bridgehead atoms. The first kappa shape index (κ1) is 10.7. The predicted molar refractivity (Wildman–Crippen MR) is 44.8 cm³/mol. The molecule has 1 aromatic carbocycles. The molecule has 14 heavy (non-hydrogen) atoms. The third-order valence-electron chi connectivity index (χ3n) is 1.42. The molecule has 0 spiro atoms. The predicted octanol–water partition coefficient (Wildman–Crippen LogP) is 2.71. The average molecular weight is 223 g/mol. The molecule has 3 nitrogen and oxygen atoms in total. The average Bonchev–Trinajstić information content (AvgIpc) is 2.13. The van der Waals surface area contributed by atoms with E-state index in [9.17, 15) is 13.6 Å². The fourth-order valence-electron chi connectivity index (χ4n) is 0.837. The molecule has 76 valence electrons. The van der Waals surface area contributed by atoms with Crippen LogP contribution < -0.4 is 9.47 Å². The van der Waals surface area contributed by atoms with Crippen LogP contribution in [0.4, 0.5) is 13.6 Å². The molecule has 0 radical (unpaired) electrons. The van der Waals surface area contributed by atoms with Crippen LogP contribution in [-0.4, -0.2) is 12.5 Å². The van der Waals surface area contributed by atoms with Crippen molar-refractivity contribution in [1.82, 2.24) is 0 Å². The van der Waals surface area contributed by atoms with Crippen molar-refractivity contribution in [2.45, 2.75) is 0 Å². The minimum Gasteiger partial charge on any atom is -0.494 e. The SMILES string of the molecule is COc1ccc(OC(=O)Cl)c(F)c1F. The van der Waals surface area contributed by atoms with E-state index in [4.69, 9.17) is 11.6 Å². The highest BCUT2D eigenvalue weighted by Gasteiger charge is 2.16. The number of hydrogen-bond acceptors (Lipinski definition) is 3. The molecule has 0 heterocycles. The fourth-order valence-corrected chi connectivity index (χ4v) is 0.920. The summed E-state index contributed by atoms with van der Waals surface area (Å²) in [5, 5.41) is 0. The Morgan fingerprint density at radius 2 is 1.79 bits per heavy atom. The summed E-state index contributed by atoms with van der Waals surface area (Å²) in [5.41, 5.74) is -1.24. The number of hydrogen-bond donors (Lipinski definition) is 0. The largest absolute Gasteiger partial charge is 0.494 e. The summed E-state index contributed by atoms with van der Waals surface area (Å²) in [4.78, 5) is 10.3. The first-order chi connectivity index (χ1) is 6.56. The summed E-state index contributed by atoms with van der Waals surface area (Å²) in [6, 6.07) is 2.16. The summed E-state index contributed by atoms with van der Waals surface area (Å²) in [6.07, 6.45) is 0. The molecular formula is C8H5ClF2O3. The van der Waals surface area contributed by atoms with Crippen molar-refractivity contribution < 1.29 is 23.0 Å². The van der Waals surface area contributed by atoms with E-state index < -0.39 is 22.8 Å². The topological polar surface area (TPSA) is 35.5 Å². The van der Waals surface area contributed by atoms with Gasteiger partial charge in [0.25, 0.3) is 0 Å². The number of carbonyl (C=O) groups is 1. The van der Waals surface area contributed by atoms with E-state index in [1.54, 1.807) is 0 Å². The third-order valence-corrected chi connectivity index (χ3v) is 1.50. The van der Waals surface area contributed by atoms with Gasteiger partial charge in [0.2, 0.25) is 11.6 Å². The molecule has 0 N–H and O–H groups in total. The smallest absolute Gasteiger partial charge is 0.409 e. The van der Waals surface area contributed by atoms with Gasteiger partial charge in [0, 0.05) is 11.6 Å². The molecule has 1 rings (SSSR count). The Hall–Kier alpha value is -1.36. The number of benzene rings is 1. The quantitative estimate of drug-likeness (QED) is 0.722. The second-order valence-corrected chi connectivity index (χ2v) is 2.54. The van der Waals surface area contributed by atoms with Crippen molar-refractivity contribution in [3.05, 3.63) is 23.8 Å². The molecule has 1 aromatic rings. The van der Waals surface area contributed by atoms with E-state index in [1.165, 1.54) is 7.11 Å². The molecular weight excluding hydrogens is 218 g/mol. The summed E-state index contributed by atoms with van der Waals surface area (Å²) < 4.78 is 34.7. The van der Waals surface area contributed by atoms with Gasteiger partial charge in [0.05, 0.1) is 7.11 Å². The van der Waals surface area contributed by atoms with Crippen molar-refractivity contribution in [3.63, 3.8) is 0 Å². The summed E-state index contributed by atoms with van der Waals surface area (Å²) in [7, 11) is 1.19. The molecule has 0 amide bonds. The van der Waals surface area contributed by atoms with Crippen LogP contribution in [0.5, 0.6) is 11.5 Å². The molecule has 0 aliphatic rings. The minimum absolute atomic E-state index is 0.281. The molecule has 0 atom stereocenters. The van der Waals surface area contributed by atoms with Crippen LogP contribution in [0.2, 0.25) is 0 Å². The van der Waals surface area contributed by atoms with Crippen LogP contribution in [0.1, 0.15) is 0 Å².